The summed E-state index contributed by atoms with van der Waals surface area (Å²) in [6, 6.07) is -1.00. The zero-order valence-corrected chi connectivity index (χ0v) is 10.1. The molecule has 2 unspecified atom stereocenters. The lowest BCUT2D eigenvalue weighted by atomic mass is 10.3. The van der Waals surface area contributed by atoms with E-state index < -0.39 is 30.0 Å². The number of amides is 1. The molecule has 0 rings (SSSR count). The predicted molar refractivity (Wildman–Crippen MR) is 60.8 cm³/mol. The molecule has 0 spiro atoms. The molecule has 0 aliphatic heterocycles. The van der Waals surface area contributed by atoms with Crippen LogP contribution >= 0.6 is 11.8 Å². The maximum absolute atomic E-state index is 10.7. The molecular formula is C9H15NO6S. The zero-order valence-electron chi connectivity index (χ0n) is 9.25. The van der Waals surface area contributed by atoms with E-state index in [0.717, 1.165) is 11.8 Å². The molecule has 98 valence electrons. The summed E-state index contributed by atoms with van der Waals surface area (Å²) in [6.07, 6.45) is -1.40. The van der Waals surface area contributed by atoms with E-state index >= 15 is 0 Å². The van der Waals surface area contributed by atoms with Gasteiger partial charge in [-0.3, -0.25) is 4.79 Å². The Morgan fingerprint density at radius 2 is 1.82 bits per heavy atom. The van der Waals surface area contributed by atoms with Crippen LogP contribution in [0.1, 0.15) is 13.3 Å². The van der Waals surface area contributed by atoms with Crippen LogP contribution in [0.4, 0.5) is 0 Å². The highest BCUT2D eigenvalue weighted by molar-refractivity contribution is 7.99. The zero-order chi connectivity index (χ0) is 13.4. The lowest BCUT2D eigenvalue weighted by Crippen LogP contribution is -2.41. The van der Waals surface area contributed by atoms with Crippen molar-refractivity contribution in [2.75, 3.05) is 11.5 Å². The Bertz CT molecular complexity index is 295. The number of hydrogen-bond donors (Lipinski definition) is 4. The van der Waals surface area contributed by atoms with Crippen LogP contribution in [-0.2, 0) is 14.4 Å². The number of aliphatic hydroxyl groups excluding tert-OH is 1. The van der Waals surface area contributed by atoms with Crippen molar-refractivity contribution in [3.63, 3.8) is 0 Å². The standard InChI is InChI=1S/C9H15NO6S/c1-5(11)10-6(8(13)14)4-17-3-2-7(12)9(15)16/h6-7,12H,2-4H2,1H3,(H,10,11)(H,13,14)(H,15,16). The minimum Gasteiger partial charge on any atom is -0.480 e. The van der Waals surface area contributed by atoms with Crippen LogP contribution in [-0.4, -0.2) is 56.8 Å². The predicted octanol–water partition coefficient (Wildman–Crippen LogP) is -0.855. The Hall–Kier alpha value is -1.28. The summed E-state index contributed by atoms with van der Waals surface area (Å²) in [4.78, 5) is 31.7. The molecule has 0 aromatic carbocycles. The minimum absolute atomic E-state index is 0.0341. The van der Waals surface area contributed by atoms with Crippen molar-refractivity contribution in [3.05, 3.63) is 0 Å². The largest absolute Gasteiger partial charge is 0.480 e. The number of aliphatic hydroxyl groups is 1. The lowest BCUT2D eigenvalue weighted by Gasteiger charge is -2.12. The first kappa shape index (κ1) is 15.7. The average Bonchev–Trinajstić information content (AvgIpc) is 2.21. The Labute approximate surface area is 102 Å². The van der Waals surface area contributed by atoms with Gasteiger partial charge in [0.2, 0.25) is 5.91 Å². The van der Waals surface area contributed by atoms with E-state index in [1.807, 2.05) is 0 Å². The normalized spacial score (nSPS) is 13.8. The molecule has 0 heterocycles. The molecule has 0 radical (unpaired) electrons. The van der Waals surface area contributed by atoms with Crippen molar-refractivity contribution < 1.29 is 29.7 Å². The molecule has 0 bridgehead atoms. The average molecular weight is 265 g/mol. The monoisotopic (exact) mass is 265 g/mol. The number of carboxylic acids is 2. The third kappa shape index (κ3) is 7.58. The number of carboxylic acid groups (broad SMARTS) is 2. The smallest absolute Gasteiger partial charge is 0.332 e. The van der Waals surface area contributed by atoms with E-state index in [9.17, 15) is 14.4 Å². The first-order valence-electron chi connectivity index (χ1n) is 4.83. The van der Waals surface area contributed by atoms with Gasteiger partial charge < -0.3 is 20.6 Å². The van der Waals surface area contributed by atoms with Gasteiger partial charge in [0.25, 0.3) is 0 Å². The summed E-state index contributed by atoms with van der Waals surface area (Å²) < 4.78 is 0. The van der Waals surface area contributed by atoms with Gasteiger partial charge in [0.15, 0.2) is 6.10 Å². The second-order valence-electron chi connectivity index (χ2n) is 3.31. The number of hydrogen-bond acceptors (Lipinski definition) is 5. The van der Waals surface area contributed by atoms with Gasteiger partial charge in [0, 0.05) is 12.7 Å². The SMILES string of the molecule is CC(=O)NC(CSCCC(O)C(=O)O)C(=O)O. The molecule has 0 aliphatic carbocycles. The Morgan fingerprint density at radius 3 is 2.24 bits per heavy atom. The van der Waals surface area contributed by atoms with Crippen molar-refractivity contribution in [2.45, 2.75) is 25.5 Å². The van der Waals surface area contributed by atoms with Crippen molar-refractivity contribution in [2.24, 2.45) is 0 Å². The second kappa shape index (κ2) is 7.91. The third-order valence-corrected chi connectivity index (χ3v) is 2.87. The van der Waals surface area contributed by atoms with Gasteiger partial charge in [-0.25, -0.2) is 9.59 Å². The van der Waals surface area contributed by atoms with E-state index in [1.165, 1.54) is 6.92 Å². The molecule has 7 nitrogen and oxygen atoms in total. The maximum Gasteiger partial charge on any atom is 0.332 e. The van der Waals surface area contributed by atoms with E-state index in [2.05, 4.69) is 5.32 Å². The van der Waals surface area contributed by atoms with Gasteiger partial charge in [-0.15, -0.1) is 0 Å². The van der Waals surface area contributed by atoms with E-state index in [0.29, 0.717) is 5.75 Å². The molecule has 0 aromatic rings. The molecular weight excluding hydrogens is 250 g/mol. The number of thioether (sulfide) groups is 1. The topological polar surface area (TPSA) is 124 Å². The molecule has 0 aliphatic rings. The highest BCUT2D eigenvalue weighted by atomic mass is 32.2. The fourth-order valence-electron chi connectivity index (χ4n) is 0.940. The summed E-state index contributed by atoms with van der Waals surface area (Å²) in [5.74, 6) is -2.46. The molecule has 0 saturated heterocycles. The highest BCUT2D eigenvalue weighted by Crippen LogP contribution is 2.07. The molecule has 0 aromatic heterocycles. The van der Waals surface area contributed by atoms with Gasteiger partial charge >= 0.3 is 11.9 Å². The molecule has 1 amide bonds. The van der Waals surface area contributed by atoms with Gasteiger partial charge in [-0.1, -0.05) is 0 Å². The minimum atomic E-state index is -1.44. The summed E-state index contributed by atoms with van der Waals surface area (Å²) in [5.41, 5.74) is 0. The Morgan fingerprint density at radius 1 is 1.24 bits per heavy atom. The maximum atomic E-state index is 10.7. The summed E-state index contributed by atoms with van der Waals surface area (Å²) in [5, 5.41) is 28.3. The first-order chi connectivity index (χ1) is 7.84. The molecule has 4 N–H and O–H groups in total. The molecule has 8 heteroatoms. The van der Waals surface area contributed by atoms with Crippen LogP contribution < -0.4 is 5.32 Å². The van der Waals surface area contributed by atoms with Crippen LogP contribution in [0.15, 0.2) is 0 Å². The van der Waals surface area contributed by atoms with Crippen LogP contribution in [0.2, 0.25) is 0 Å². The quantitative estimate of drug-likeness (QED) is 0.421. The van der Waals surface area contributed by atoms with Crippen molar-refractivity contribution in [1.82, 2.24) is 5.32 Å². The summed E-state index contributed by atoms with van der Waals surface area (Å²) >= 11 is 1.16. The lowest BCUT2D eigenvalue weighted by molar-refractivity contribution is -0.146. The van der Waals surface area contributed by atoms with Crippen LogP contribution in [0.25, 0.3) is 0 Å². The van der Waals surface area contributed by atoms with Crippen LogP contribution in [0.3, 0.4) is 0 Å². The van der Waals surface area contributed by atoms with E-state index in [-0.39, 0.29) is 12.2 Å². The fourth-order valence-corrected chi connectivity index (χ4v) is 1.96. The number of carbonyl (C=O) groups is 3. The van der Waals surface area contributed by atoms with Crippen molar-refractivity contribution in [3.8, 4) is 0 Å². The molecule has 0 saturated carbocycles. The van der Waals surface area contributed by atoms with Crippen LogP contribution in [0, 0.1) is 0 Å². The number of carbonyl (C=O) groups excluding carboxylic acids is 1. The van der Waals surface area contributed by atoms with Crippen molar-refractivity contribution in [1.29, 1.82) is 0 Å². The van der Waals surface area contributed by atoms with E-state index in [4.69, 9.17) is 15.3 Å². The molecule has 0 fully saturated rings. The molecule has 2 atom stereocenters. The highest BCUT2D eigenvalue weighted by Gasteiger charge is 2.19. The summed E-state index contributed by atoms with van der Waals surface area (Å²) in [6.45, 7) is 1.22. The van der Waals surface area contributed by atoms with Gasteiger partial charge in [-0.05, 0) is 12.2 Å². The third-order valence-electron chi connectivity index (χ3n) is 1.78. The fraction of sp³-hybridized carbons (Fsp3) is 0.667. The number of aliphatic carboxylic acids is 2. The second-order valence-corrected chi connectivity index (χ2v) is 4.46. The van der Waals surface area contributed by atoms with Gasteiger partial charge in [0.1, 0.15) is 6.04 Å². The number of nitrogens with one attached hydrogen (secondary N) is 1. The first-order valence-corrected chi connectivity index (χ1v) is 5.98. The summed E-state index contributed by atoms with van der Waals surface area (Å²) in [7, 11) is 0. The van der Waals surface area contributed by atoms with E-state index in [1.54, 1.807) is 0 Å². The van der Waals surface area contributed by atoms with Gasteiger partial charge in [0.05, 0.1) is 0 Å². The molecule has 17 heavy (non-hydrogen) atoms. The Balaban J connectivity index is 3.87. The van der Waals surface area contributed by atoms with Crippen molar-refractivity contribution >= 4 is 29.6 Å². The van der Waals surface area contributed by atoms with Gasteiger partial charge in [-0.2, -0.15) is 11.8 Å². The Kier molecular flexibility index (Phi) is 7.31. The van der Waals surface area contributed by atoms with Crippen LogP contribution in [0.5, 0.6) is 0 Å². The number of rotatable bonds is 8.